The first-order chi connectivity index (χ1) is 7.83. The molecule has 1 aromatic carbocycles. The monoisotopic (exact) mass is 274 g/mol. The topological polar surface area (TPSA) is 38.9 Å². The molecule has 2 aromatic heterocycles. The molecule has 3 nitrogen and oxygen atoms in total. The van der Waals surface area contributed by atoms with Crippen LogP contribution in [0.3, 0.4) is 0 Å². The lowest BCUT2D eigenvalue weighted by Crippen LogP contribution is -1.80. The molecule has 0 N–H and O–H groups in total. The number of fused-ring (bicyclic) bond motifs is 1. The van der Waals surface area contributed by atoms with Crippen LogP contribution in [0.5, 0.6) is 0 Å². The van der Waals surface area contributed by atoms with Crippen molar-refractivity contribution in [3.05, 3.63) is 47.1 Å². The van der Waals surface area contributed by atoms with Crippen molar-refractivity contribution < 1.29 is 4.42 Å². The van der Waals surface area contributed by atoms with E-state index in [9.17, 15) is 0 Å². The number of hydrogen-bond donors (Lipinski definition) is 0. The quantitative estimate of drug-likeness (QED) is 0.680. The Bertz CT molecular complexity index is 634. The predicted molar refractivity (Wildman–Crippen MR) is 64.9 cm³/mol. The lowest BCUT2D eigenvalue weighted by Gasteiger charge is -1.90. The fourth-order valence-corrected chi connectivity index (χ4v) is 1.84. The number of pyridine rings is 1. The van der Waals surface area contributed by atoms with Gasteiger partial charge in [-0.05, 0) is 30.3 Å². The van der Waals surface area contributed by atoms with E-state index in [0.717, 1.165) is 21.3 Å². The molecule has 3 rings (SSSR count). The van der Waals surface area contributed by atoms with Gasteiger partial charge < -0.3 is 4.42 Å². The molecule has 4 heteroatoms. The molecule has 0 aliphatic rings. The van der Waals surface area contributed by atoms with E-state index in [1.807, 2.05) is 36.4 Å². The molecule has 78 valence electrons. The van der Waals surface area contributed by atoms with Crippen molar-refractivity contribution in [3.63, 3.8) is 0 Å². The molecule has 0 atom stereocenters. The van der Waals surface area contributed by atoms with Crippen LogP contribution in [0.15, 0.2) is 51.5 Å². The minimum atomic E-state index is 0.550. The summed E-state index contributed by atoms with van der Waals surface area (Å²) in [4.78, 5) is 8.57. The minimum Gasteiger partial charge on any atom is -0.435 e. The van der Waals surface area contributed by atoms with E-state index in [1.165, 1.54) is 0 Å². The van der Waals surface area contributed by atoms with Gasteiger partial charge in [-0.15, -0.1) is 0 Å². The zero-order valence-electron chi connectivity index (χ0n) is 8.22. The van der Waals surface area contributed by atoms with Crippen LogP contribution in [0.25, 0.3) is 22.7 Å². The second-order valence-corrected chi connectivity index (χ2v) is 4.26. The summed E-state index contributed by atoms with van der Waals surface area (Å²) in [6.45, 7) is 0. The number of nitrogens with zero attached hydrogens (tertiary/aromatic N) is 2. The van der Waals surface area contributed by atoms with Gasteiger partial charge >= 0.3 is 0 Å². The molecule has 0 spiro atoms. The van der Waals surface area contributed by atoms with Crippen molar-refractivity contribution in [2.45, 2.75) is 0 Å². The second kappa shape index (κ2) is 3.72. The third kappa shape index (κ3) is 1.61. The largest absolute Gasteiger partial charge is 0.435 e. The molecular weight excluding hydrogens is 268 g/mol. The molecule has 3 aromatic rings. The zero-order chi connectivity index (χ0) is 11.0. The Morgan fingerprint density at radius 2 is 2.06 bits per heavy atom. The number of halogens is 1. The van der Waals surface area contributed by atoms with Gasteiger partial charge in [-0.1, -0.05) is 22.0 Å². The van der Waals surface area contributed by atoms with Gasteiger partial charge in [0.1, 0.15) is 11.2 Å². The van der Waals surface area contributed by atoms with E-state index in [0.29, 0.717) is 5.89 Å². The molecule has 0 fully saturated rings. The van der Waals surface area contributed by atoms with Gasteiger partial charge in [-0.3, -0.25) is 4.98 Å². The lowest BCUT2D eigenvalue weighted by atomic mass is 10.3. The zero-order valence-corrected chi connectivity index (χ0v) is 9.81. The second-order valence-electron chi connectivity index (χ2n) is 3.35. The van der Waals surface area contributed by atoms with Crippen molar-refractivity contribution in [3.8, 4) is 11.6 Å². The molecular formula is C12H7BrN2O. The number of rotatable bonds is 1. The summed E-state index contributed by atoms with van der Waals surface area (Å²) in [6.07, 6.45) is 1.72. The molecule has 0 aliphatic heterocycles. The molecule has 0 amide bonds. The molecule has 0 bridgehead atoms. The van der Waals surface area contributed by atoms with Gasteiger partial charge in [0.05, 0.1) is 0 Å². The first-order valence-electron chi connectivity index (χ1n) is 4.80. The van der Waals surface area contributed by atoms with E-state index in [2.05, 4.69) is 25.9 Å². The van der Waals surface area contributed by atoms with Crippen molar-refractivity contribution in [1.29, 1.82) is 0 Å². The smallest absolute Gasteiger partial charge is 0.246 e. The van der Waals surface area contributed by atoms with E-state index in [-0.39, 0.29) is 0 Å². The molecule has 0 aliphatic carbocycles. The standard InChI is InChI=1S/C12H7BrN2O/c13-8-4-5-9-11(7-8)16-12(15-9)10-3-1-2-6-14-10/h1-7H. The van der Waals surface area contributed by atoms with Gasteiger partial charge in [0.25, 0.3) is 0 Å². The number of hydrogen-bond acceptors (Lipinski definition) is 3. The minimum absolute atomic E-state index is 0.550. The Balaban J connectivity index is 2.19. The van der Waals surface area contributed by atoms with Crippen LogP contribution in [-0.2, 0) is 0 Å². The average molecular weight is 275 g/mol. The summed E-state index contributed by atoms with van der Waals surface area (Å²) in [7, 11) is 0. The highest BCUT2D eigenvalue weighted by atomic mass is 79.9. The van der Waals surface area contributed by atoms with Gasteiger partial charge in [0.2, 0.25) is 5.89 Å². The van der Waals surface area contributed by atoms with Crippen LogP contribution < -0.4 is 0 Å². The maximum atomic E-state index is 5.63. The first kappa shape index (κ1) is 9.54. The number of benzene rings is 1. The fourth-order valence-electron chi connectivity index (χ4n) is 1.50. The molecule has 0 radical (unpaired) electrons. The Kier molecular flexibility index (Phi) is 2.22. The average Bonchev–Trinajstić information content (AvgIpc) is 2.73. The van der Waals surface area contributed by atoms with Crippen molar-refractivity contribution in [2.75, 3.05) is 0 Å². The third-order valence-corrected chi connectivity index (χ3v) is 2.73. The van der Waals surface area contributed by atoms with Crippen molar-refractivity contribution in [1.82, 2.24) is 9.97 Å². The van der Waals surface area contributed by atoms with Crippen LogP contribution in [0.2, 0.25) is 0 Å². The number of oxazole rings is 1. The maximum absolute atomic E-state index is 5.63. The summed E-state index contributed by atoms with van der Waals surface area (Å²) in [5, 5.41) is 0. The van der Waals surface area contributed by atoms with Crippen molar-refractivity contribution >= 4 is 27.0 Å². The van der Waals surface area contributed by atoms with Crippen LogP contribution in [-0.4, -0.2) is 9.97 Å². The first-order valence-corrected chi connectivity index (χ1v) is 5.60. The normalized spacial score (nSPS) is 10.8. The Hall–Kier alpha value is -1.68. The maximum Gasteiger partial charge on any atom is 0.246 e. The Labute approximate surface area is 100 Å². The van der Waals surface area contributed by atoms with Crippen LogP contribution in [0, 0.1) is 0 Å². The van der Waals surface area contributed by atoms with E-state index < -0.39 is 0 Å². The van der Waals surface area contributed by atoms with Gasteiger partial charge in [0, 0.05) is 10.7 Å². The van der Waals surface area contributed by atoms with Crippen LogP contribution in [0.1, 0.15) is 0 Å². The molecule has 0 unspecified atom stereocenters. The summed E-state index contributed by atoms with van der Waals surface area (Å²) >= 11 is 3.39. The summed E-state index contributed by atoms with van der Waals surface area (Å²) < 4.78 is 6.61. The highest BCUT2D eigenvalue weighted by molar-refractivity contribution is 9.10. The summed E-state index contributed by atoms with van der Waals surface area (Å²) in [5.74, 6) is 0.550. The fraction of sp³-hybridized carbons (Fsp3) is 0. The van der Waals surface area contributed by atoms with Crippen LogP contribution in [0.4, 0.5) is 0 Å². The van der Waals surface area contributed by atoms with Gasteiger partial charge in [-0.25, -0.2) is 4.98 Å². The van der Waals surface area contributed by atoms with E-state index >= 15 is 0 Å². The lowest BCUT2D eigenvalue weighted by molar-refractivity contribution is 0.616. The highest BCUT2D eigenvalue weighted by Crippen LogP contribution is 2.24. The van der Waals surface area contributed by atoms with Crippen molar-refractivity contribution in [2.24, 2.45) is 0 Å². The predicted octanol–water partition coefficient (Wildman–Crippen LogP) is 3.65. The highest BCUT2D eigenvalue weighted by Gasteiger charge is 2.08. The Morgan fingerprint density at radius 3 is 2.88 bits per heavy atom. The SMILES string of the molecule is Brc1ccc2nc(-c3ccccn3)oc2c1. The molecule has 0 saturated heterocycles. The third-order valence-electron chi connectivity index (χ3n) is 2.23. The number of aromatic nitrogens is 2. The molecule has 0 saturated carbocycles. The summed E-state index contributed by atoms with van der Waals surface area (Å²) in [6, 6.07) is 11.4. The van der Waals surface area contributed by atoms with E-state index in [1.54, 1.807) is 6.20 Å². The molecule has 16 heavy (non-hydrogen) atoms. The Morgan fingerprint density at radius 1 is 1.12 bits per heavy atom. The van der Waals surface area contributed by atoms with Gasteiger partial charge in [-0.2, -0.15) is 0 Å². The van der Waals surface area contributed by atoms with Gasteiger partial charge in [0.15, 0.2) is 5.58 Å². The molecule has 2 heterocycles. The summed E-state index contributed by atoms with van der Waals surface area (Å²) in [5.41, 5.74) is 2.34. The van der Waals surface area contributed by atoms with Crippen LogP contribution >= 0.6 is 15.9 Å². The van der Waals surface area contributed by atoms with E-state index in [4.69, 9.17) is 4.42 Å².